The lowest BCUT2D eigenvalue weighted by Crippen LogP contribution is -2.14. The second-order valence-corrected chi connectivity index (χ2v) is 5.90. The Morgan fingerprint density at radius 1 is 1.29 bits per heavy atom. The van der Waals surface area contributed by atoms with E-state index in [1.165, 1.54) is 38.2 Å². The molecular weight excluding hydrogens is 263 g/mol. The molecule has 21 heavy (non-hydrogen) atoms. The Hall–Kier alpha value is -1.90. The zero-order valence-corrected chi connectivity index (χ0v) is 12.3. The van der Waals surface area contributed by atoms with Crippen LogP contribution in [0.2, 0.25) is 0 Å². The molecule has 0 spiro atoms. The first-order valence-corrected chi connectivity index (χ1v) is 7.71. The topological polar surface area (TPSA) is 17.8 Å². The average Bonchev–Trinajstić information content (AvgIpc) is 2.97. The Morgan fingerprint density at radius 2 is 2.10 bits per heavy atom. The van der Waals surface area contributed by atoms with Crippen molar-refractivity contribution in [2.75, 3.05) is 0 Å². The molecule has 0 amide bonds. The lowest BCUT2D eigenvalue weighted by Gasteiger charge is -2.21. The molecule has 0 atom stereocenters. The number of nitrogens with zero attached hydrogens (tertiary/aromatic N) is 2. The van der Waals surface area contributed by atoms with Gasteiger partial charge in [0.1, 0.15) is 5.82 Å². The second kappa shape index (κ2) is 6.25. The summed E-state index contributed by atoms with van der Waals surface area (Å²) in [6.45, 7) is 4.68. The van der Waals surface area contributed by atoms with E-state index in [0.29, 0.717) is 5.56 Å². The zero-order valence-electron chi connectivity index (χ0n) is 12.3. The van der Waals surface area contributed by atoms with E-state index in [2.05, 4.69) is 11.7 Å². The largest absolute Gasteiger partial charge is 0.272 e. The van der Waals surface area contributed by atoms with Crippen LogP contribution in [0, 0.1) is 11.7 Å². The number of aromatic nitrogens is 2. The second-order valence-electron chi connectivity index (χ2n) is 5.90. The highest BCUT2D eigenvalue weighted by Gasteiger charge is 2.15. The molecule has 0 radical (unpaired) electrons. The van der Waals surface area contributed by atoms with Crippen molar-refractivity contribution in [3.63, 3.8) is 0 Å². The van der Waals surface area contributed by atoms with E-state index in [-0.39, 0.29) is 5.82 Å². The third-order valence-electron chi connectivity index (χ3n) is 4.34. The van der Waals surface area contributed by atoms with Crippen molar-refractivity contribution in [1.29, 1.82) is 0 Å². The van der Waals surface area contributed by atoms with Crippen LogP contribution in [-0.4, -0.2) is 9.78 Å². The molecule has 3 heteroatoms. The highest BCUT2D eigenvalue weighted by molar-refractivity contribution is 5.66. The molecule has 0 unspecified atom stereocenters. The van der Waals surface area contributed by atoms with E-state index in [0.717, 1.165) is 23.6 Å². The molecule has 2 nitrogen and oxygen atoms in total. The van der Waals surface area contributed by atoms with Crippen molar-refractivity contribution in [2.45, 2.75) is 38.6 Å². The van der Waals surface area contributed by atoms with Crippen LogP contribution in [0.25, 0.3) is 17.2 Å². The van der Waals surface area contributed by atoms with Gasteiger partial charge in [0, 0.05) is 23.9 Å². The summed E-state index contributed by atoms with van der Waals surface area (Å²) in [5.74, 6) is 0.508. The van der Waals surface area contributed by atoms with Crippen LogP contribution in [0.4, 0.5) is 4.39 Å². The minimum Gasteiger partial charge on any atom is -0.272 e. The predicted molar refractivity (Wildman–Crippen MR) is 84.3 cm³/mol. The molecule has 1 fully saturated rings. The Bertz CT molecular complexity index is 624. The van der Waals surface area contributed by atoms with Crippen LogP contribution >= 0.6 is 0 Å². The maximum absolute atomic E-state index is 14.0. The molecule has 0 N–H and O–H groups in total. The smallest absolute Gasteiger partial charge is 0.131 e. The first-order valence-electron chi connectivity index (χ1n) is 7.71. The third-order valence-corrected chi connectivity index (χ3v) is 4.34. The maximum atomic E-state index is 14.0. The van der Waals surface area contributed by atoms with Crippen LogP contribution in [0.5, 0.6) is 0 Å². The summed E-state index contributed by atoms with van der Waals surface area (Å²) in [6, 6.07) is 5.05. The molecule has 110 valence electrons. The van der Waals surface area contributed by atoms with E-state index in [9.17, 15) is 4.39 Å². The number of halogens is 1. The quantitative estimate of drug-likeness (QED) is 0.779. The summed E-state index contributed by atoms with van der Waals surface area (Å²) < 4.78 is 16.0. The normalized spacial score (nSPS) is 16.0. The van der Waals surface area contributed by atoms with E-state index in [4.69, 9.17) is 0 Å². The van der Waals surface area contributed by atoms with Gasteiger partial charge in [-0.15, -0.1) is 0 Å². The van der Waals surface area contributed by atoms with Gasteiger partial charge in [0.2, 0.25) is 0 Å². The first kappa shape index (κ1) is 14.1. The summed E-state index contributed by atoms with van der Waals surface area (Å²) >= 11 is 0. The molecule has 1 aliphatic rings. The van der Waals surface area contributed by atoms with Gasteiger partial charge in [0.25, 0.3) is 0 Å². The van der Waals surface area contributed by atoms with Crippen molar-refractivity contribution in [3.05, 3.63) is 48.6 Å². The summed E-state index contributed by atoms with van der Waals surface area (Å²) in [5.41, 5.74) is 2.36. The Balaban J connectivity index is 1.79. The van der Waals surface area contributed by atoms with Crippen molar-refractivity contribution >= 4 is 6.08 Å². The van der Waals surface area contributed by atoms with Gasteiger partial charge in [0.15, 0.2) is 0 Å². The van der Waals surface area contributed by atoms with Gasteiger partial charge >= 0.3 is 0 Å². The first-order chi connectivity index (χ1) is 10.3. The van der Waals surface area contributed by atoms with E-state index in [1.807, 2.05) is 16.9 Å². The molecule has 3 rings (SSSR count). The number of rotatable bonds is 4. The fourth-order valence-electron chi connectivity index (χ4n) is 3.13. The van der Waals surface area contributed by atoms with Crippen molar-refractivity contribution < 1.29 is 4.39 Å². The number of hydrogen-bond acceptors (Lipinski definition) is 1. The Morgan fingerprint density at radius 3 is 2.86 bits per heavy atom. The summed E-state index contributed by atoms with van der Waals surface area (Å²) in [4.78, 5) is 0. The maximum Gasteiger partial charge on any atom is 0.131 e. The molecular formula is C18H21FN2. The molecule has 2 aromatic rings. The van der Waals surface area contributed by atoms with Crippen molar-refractivity contribution in [2.24, 2.45) is 5.92 Å². The molecule has 1 heterocycles. The van der Waals surface area contributed by atoms with Gasteiger partial charge in [0.05, 0.1) is 6.20 Å². The van der Waals surface area contributed by atoms with Gasteiger partial charge < -0.3 is 0 Å². The highest BCUT2D eigenvalue weighted by atomic mass is 19.1. The summed E-state index contributed by atoms with van der Waals surface area (Å²) in [6.07, 6.45) is 12.0. The minimum atomic E-state index is -0.210. The molecule has 1 aromatic carbocycles. The van der Waals surface area contributed by atoms with Crippen molar-refractivity contribution in [3.8, 4) is 11.1 Å². The molecule has 0 aliphatic heterocycles. The Labute approximate surface area is 125 Å². The Kier molecular flexibility index (Phi) is 4.18. The van der Waals surface area contributed by atoms with Crippen LogP contribution in [0.1, 0.15) is 37.7 Å². The van der Waals surface area contributed by atoms with E-state index in [1.54, 1.807) is 18.3 Å². The molecule has 1 saturated carbocycles. The fourth-order valence-corrected chi connectivity index (χ4v) is 3.13. The predicted octanol–water partition coefficient (Wildman–Crippen LogP) is 4.91. The fraction of sp³-hybridized carbons (Fsp3) is 0.389. The van der Waals surface area contributed by atoms with Gasteiger partial charge in [-0.2, -0.15) is 5.10 Å². The molecule has 1 aliphatic carbocycles. The standard InChI is InChI=1S/C18H21FN2/c1-2-14-8-9-18(19)17(10-14)16-11-20-21(13-16)12-15-6-4-3-5-7-15/h2,8-11,13,15H,1,3-7,12H2. The van der Waals surface area contributed by atoms with Gasteiger partial charge in [-0.1, -0.05) is 38.0 Å². The highest BCUT2D eigenvalue weighted by Crippen LogP contribution is 2.27. The van der Waals surface area contributed by atoms with Gasteiger partial charge in [-0.05, 0) is 36.5 Å². The summed E-state index contributed by atoms with van der Waals surface area (Å²) in [7, 11) is 0. The van der Waals surface area contributed by atoms with E-state index < -0.39 is 0 Å². The number of hydrogen-bond donors (Lipinski definition) is 0. The lowest BCUT2D eigenvalue weighted by molar-refractivity contribution is 0.308. The van der Waals surface area contributed by atoms with Crippen LogP contribution in [0.3, 0.4) is 0 Å². The minimum absolute atomic E-state index is 0.210. The van der Waals surface area contributed by atoms with E-state index >= 15 is 0 Å². The van der Waals surface area contributed by atoms with Crippen LogP contribution in [-0.2, 0) is 6.54 Å². The summed E-state index contributed by atoms with van der Waals surface area (Å²) in [5, 5.41) is 4.41. The van der Waals surface area contributed by atoms with Gasteiger partial charge in [-0.3, -0.25) is 4.68 Å². The van der Waals surface area contributed by atoms with Gasteiger partial charge in [-0.25, -0.2) is 4.39 Å². The SMILES string of the molecule is C=Cc1ccc(F)c(-c2cnn(CC3CCCCC3)c2)c1. The zero-order chi connectivity index (χ0) is 14.7. The lowest BCUT2D eigenvalue weighted by atomic mass is 9.89. The van der Waals surface area contributed by atoms with Crippen LogP contribution in [0.15, 0.2) is 37.2 Å². The molecule has 0 saturated heterocycles. The number of benzene rings is 1. The van der Waals surface area contributed by atoms with Crippen molar-refractivity contribution in [1.82, 2.24) is 9.78 Å². The average molecular weight is 284 g/mol. The monoisotopic (exact) mass is 284 g/mol. The molecule has 0 bridgehead atoms. The third kappa shape index (κ3) is 3.23. The molecule has 1 aromatic heterocycles. The van der Waals surface area contributed by atoms with Crippen LogP contribution < -0.4 is 0 Å².